The summed E-state index contributed by atoms with van der Waals surface area (Å²) >= 11 is 8.37. The summed E-state index contributed by atoms with van der Waals surface area (Å²) in [4.78, 5) is 12.4. The minimum absolute atomic E-state index is 0.751. The van der Waals surface area contributed by atoms with Crippen molar-refractivity contribution >= 4 is 49.5 Å². The molecule has 1 nitrogen and oxygen atoms in total. The molecule has 0 bridgehead atoms. The highest BCUT2D eigenvalue weighted by molar-refractivity contribution is 9.11. The molecule has 0 radical (unpaired) electrons. The predicted octanol–water partition coefficient (Wildman–Crippen LogP) is 4.75. The lowest BCUT2D eigenvalue weighted by molar-refractivity contribution is 0.112. The van der Waals surface area contributed by atoms with Gasteiger partial charge in [-0.3, -0.25) is 4.79 Å². The zero-order chi connectivity index (χ0) is 10.8. The molecule has 2 rings (SSSR count). The van der Waals surface area contributed by atoms with Crippen molar-refractivity contribution in [1.29, 1.82) is 0 Å². The number of thiophene rings is 1. The molecule has 1 aromatic heterocycles. The summed E-state index contributed by atoms with van der Waals surface area (Å²) in [6.07, 6.45) is 0.876. The van der Waals surface area contributed by atoms with Gasteiger partial charge in [0.1, 0.15) is 0 Å². The number of carbonyl (C=O) groups is 1. The van der Waals surface area contributed by atoms with Crippen LogP contribution in [0.3, 0.4) is 0 Å². The molecule has 0 aliphatic heterocycles. The Bertz CT molecular complexity index is 485. The Morgan fingerprint density at radius 1 is 1.07 bits per heavy atom. The maximum Gasteiger partial charge on any atom is 0.160 e. The van der Waals surface area contributed by atoms with E-state index in [2.05, 4.69) is 31.9 Å². The molecule has 76 valence electrons. The van der Waals surface area contributed by atoms with Crippen molar-refractivity contribution in [3.63, 3.8) is 0 Å². The van der Waals surface area contributed by atoms with Crippen LogP contribution in [-0.2, 0) is 0 Å². The summed E-state index contributed by atoms with van der Waals surface area (Å²) in [6.45, 7) is 0. The largest absolute Gasteiger partial charge is 0.297 e. The average molecular weight is 346 g/mol. The smallest absolute Gasteiger partial charge is 0.160 e. The quantitative estimate of drug-likeness (QED) is 0.717. The van der Waals surface area contributed by atoms with Gasteiger partial charge in [-0.05, 0) is 35.9 Å². The fourth-order valence-electron chi connectivity index (χ4n) is 1.27. The lowest BCUT2D eigenvalue weighted by Crippen LogP contribution is -1.73. The number of halogens is 2. The Labute approximate surface area is 108 Å². The van der Waals surface area contributed by atoms with E-state index in [4.69, 9.17) is 0 Å². The van der Waals surface area contributed by atoms with Gasteiger partial charge in [0.2, 0.25) is 0 Å². The second-order valence-electron chi connectivity index (χ2n) is 2.98. The number of carbonyl (C=O) groups excluding carboxylic acids is 1. The molecular formula is C11H6Br2OS. The Kier molecular flexibility index (Phi) is 3.38. The second-order valence-corrected chi connectivity index (χ2v) is 5.92. The summed E-state index contributed by atoms with van der Waals surface area (Å²) < 4.78 is 2.04. The minimum Gasteiger partial charge on any atom is -0.297 e. The van der Waals surface area contributed by atoms with Gasteiger partial charge in [0.15, 0.2) is 6.29 Å². The molecule has 0 amide bonds. The Morgan fingerprint density at radius 2 is 1.73 bits per heavy atom. The first-order chi connectivity index (χ1) is 7.19. The highest BCUT2D eigenvalue weighted by Crippen LogP contribution is 2.31. The van der Waals surface area contributed by atoms with E-state index >= 15 is 0 Å². The summed E-state index contributed by atoms with van der Waals surface area (Å²) in [6, 6.07) is 9.85. The van der Waals surface area contributed by atoms with Crippen LogP contribution in [0.4, 0.5) is 0 Å². The summed E-state index contributed by atoms with van der Waals surface area (Å²) in [7, 11) is 0. The fourth-order valence-corrected chi connectivity index (χ4v) is 3.37. The lowest BCUT2D eigenvalue weighted by atomic mass is 10.2. The van der Waals surface area contributed by atoms with Crippen LogP contribution in [-0.4, -0.2) is 6.29 Å². The van der Waals surface area contributed by atoms with Crippen LogP contribution in [0.1, 0.15) is 9.67 Å². The van der Waals surface area contributed by atoms with Crippen molar-refractivity contribution < 1.29 is 4.79 Å². The standard InChI is InChI=1S/C11H6Br2OS/c12-8-3-7(4-9(13)5-8)11-2-1-10(6-14)15-11/h1-6H. The van der Waals surface area contributed by atoms with E-state index in [0.29, 0.717) is 0 Å². The van der Waals surface area contributed by atoms with E-state index in [1.54, 1.807) is 0 Å². The first kappa shape index (κ1) is 11.0. The van der Waals surface area contributed by atoms with Crippen LogP contribution in [0.5, 0.6) is 0 Å². The van der Waals surface area contributed by atoms with Gasteiger partial charge in [-0.2, -0.15) is 0 Å². The van der Waals surface area contributed by atoms with Gasteiger partial charge in [0.05, 0.1) is 4.88 Å². The first-order valence-electron chi connectivity index (χ1n) is 4.20. The van der Waals surface area contributed by atoms with Crippen molar-refractivity contribution in [3.05, 3.63) is 44.2 Å². The van der Waals surface area contributed by atoms with E-state index in [1.165, 1.54) is 11.3 Å². The number of hydrogen-bond acceptors (Lipinski definition) is 2. The summed E-state index contributed by atoms with van der Waals surface area (Å²) in [5, 5.41) is 0. The van der Waals surface area contributed by atoms with Crippen molar-refractivity contribution in [2.24, 2.45) is 0 Å². The first-order valence-corrected chi connectivity index (χ1v) is 6.61. The predicted molar refractivity (Wildman–Crippen MR) is 70.5 cm³/mol. The molecule has 15 heavy (non-hydrogen) atoms. The highest BCUT2D eigenvalue weighted by Gasteiger charge is 2.04. The molecule has 0 unspecified atom stereocenters. The molecule has 0 atom stereocenters. The Balaban J connectivity index is 2.48. The fraction of sp³-hybridized carbons (Fsp3) is 0. The molecule has 1 aromatic carbocycles. The SMILES string of the molecule is O=Cc1ccc(-c2cc(Br)cc(Br)c2)s1. The van der Waals surface area contributed by atoms with Gasteiger partial charge in [-0.25, -0.2) is 0 Å². The molecule has 0 saturated heterocycles. The third-order valence-electron chi connectivity index (χ3n) is 1.89. The minimum atomic E-state index is 0.751. The van der Waals surface area contributed by atoms with Gasteiger partial charge in [-0.1, -0.05) is 31.9 Å². The molecule has 1 heterocycles. The van der Waals surface area contributed by atoms with Crippen molar-refractivity contribution in [1.82, 2.24) is 0 Å². The monoisotopic (exact) mass is 344 g/mol. The summed E-state index contributed by atoms with van der Waals surface area (Å²) in [5.74, 6) is 0. The van der Waals surface area contributed by atoms with Gasteiger partial charge >= 0.3 is 0 Å². The van der Waals surface area contributed by atoms with Gasteiger partial charge in [0, 0.05) is 13.8 Å². The van der Waals surface area contributed by atoms with Gasteiger partial charge in [0.25, 0.3) is 0 Å². The Hall–Kier alpha value is -0.450. The number of benzene rings is 1. The van der Waals surface area contributed by atoms with Crippen molar-refractivity contribution in [3.8, 4) is 10.4 Å². The van der Waals surface area contributed by atoms with Crippen LogP contribution in [0, 0.1) is 0 Å². The molecular weight excluding hydrogens is 340 g/mol. The third-order valence-corrected chi connectivity index (χ3v) is 3.87. The second kappa shape index (κ2) is 4.60. The molecule has 2 aromatic rings. The number of rotatable bonds is 2. The molecule has 0 saturated carbocycles. The Morgan fingerprint density at radius 3 is 2.27 bits per heavy atom. The van der Waals surface area contributed by atoms with Crippen LogP contribution in [0.2, 0.25) is 0 Å². The topological polar surface area (TPSA) is 17.1 Å². The zero-order valence-corrected chi connectivity index (χ0v) is 11.5. The highest BCUT2D eigenvalue weighted by atomic mass is 79.9. The van der Waals surface area contributed by atoms with E-state index in [9.17, 15) is 4.79 Å². The van der Waals surface area contributed by atoms with E-state index in [0.717, 1.165) is 30.5 Å². The van der Waals surface area contributed by atoms with Crippen LogP contribution in [0.15, 0.2) is 39.3 Å². The normalized spacial score (nSPS) is 10.3. The van der Waals surface area contributed by atoms with E-state index in [1.807, 2.05) is 30.3 Å². The zero-order valence-electron chi connectivity index (χ0n) is 7.54. The maximum absolute atomic E-state index is 10.6. The van der Waals surface area contributed by atoms with Crippen LogP contribution >= 0.6 is 43.2 Å². The molecule has 0 N–H and O–H groups in total. The van der Waals surface area contributed by atoms with Crippen LogP contribution in [0.25, 0.3) is 10.4 Å². The summed E-state index contributed by atoms with van der Waals surface area (Å²) in [5.41, 5.74) is 1.11. The number of hydrogen-bond donors (Lipinski definition) is 0. The van der Waals surface area contributed by atoms with Crippen LogP contribution < -0.4 is 0 Å². The number of aldehydes is 1. The van der Waals surface area contributed by atoms with Gasteiger partial charge in [-0.15, -0.1) is 11.3 Å². The van der Waals surface area contributed by atoms with Crippen molar-refractivity contribution in [2.45, 2.75) is 0 Å². The molecule has 0 aliphatic rings. The average Bonchev–Trinajstić information content (AvgIpc) is 2.64. The molecule has 0 spiro atoms. The van der Waals surface area contributed by atoms with E-state index in [-0.39, 0.29) is 0 Å². The maximum atomic E-state index is 10.6. The lowest BCUT2D eigenvalue weighted by Gasteiger charge is -1.99. The molecule has 4 heteroatoms. The molecule has 0 fully saturated rings. The third kappa shape index (κ3) is 2.56. The molecule has 0 aliphatic carbocycles. The van der Waals surface area contributed by atoms with Crippen molar-refractivity contribution in [2.75, 3.05) is 0 Å². The van der Waals surface area contributed by atoms with E-state index < -0.39 is 0 Å². The van der Waals surface area contributed by atoms with Gasteiger partial charge < -0.3 is 0 Å².